The monoisotopic (exact) mass is 295 g/mol. The summed E-state index contributed by atoms with van der Waals surface area (Å²) in [5.41, 5.74) is 2.56. The van der Waals surface area contributed by atoms with Crippen LogP contribution in [0.15, 0.2) is 24.3 Å². The second-order valence-electron chi connectivity index (χ2n) is 4.95. The molecule has 0 bridgehead atoms. The van der Waals surface area contributed by atoms with Crippen molar-refractivity contribution in [3.63, 3.8) is 0 Å². The summed E-state index contributed by atoms with van der Waals surface area (Å²) in [7, 11) is 0. The molecule has 0 atom stereocenters. The zero-order chi connectivity index (χ0) is 12.3. The van der Waals surface area contributed by atoms with Gasteiger partial charge in [-0.15, -0.1) is 0 Å². The molecule has 1 aromatic carbocycles. The third-order valence-corrected chi connectivity index (χ3v) is 4.35. The Morgan fingerprint density at radius 1 is 1.35 bits per heavy atom. The molecule has 0 saturated heterocycles. The first kappa shape index (κ1) is 12.6. The Hall–Kier alpha value is -0.830. The molecule has 92 valence electrons. The Kier molecular flexibility index (Phi) is 3.87. The first-order chi connectivity index (χ1) is 8.13. The molecule has 0 spiro atoms. The van der Waals surface area contributed by atoms with Gasteiger partial charge in [0.1, 0.15) is 0 Å². The van der Waals surface area contributed by atoms with Crippen molar-refractivity contribution in [3.8, 4) is 0 Å². The third-order valence-electron chi connectivity index (χ3n) is 3.28. The lowest BCUT2D eigenvalue weighted by atomic mass is 10.1. The molecule has 1 aromatic rings. The molecule has 2 rings (SSSR count). The maximum Gasteiger partial charge on any atom is 0.220 e. The van der Waals surface area contributed by atoms with Crippen molar-refractivity contribution in [2.24, 2.45) is 0 Å². The van der Waals surface area contributed by atoms with Gasteiger partial charge in [-0.3, -0.25) is 4.79 Å². The van der Waals surface area contributed by atoms with Gasteiger partial charge in [0.15, 0.2) is 0 Å². The van der Waals surface area contributed by atoms with E-state index in [1.807, 2.05) is 0 Å². The topological polar surface area (TPSA) is 29.1 Å². The predicted octanol–water partition coefficient (Wildman–Crippen LogP) is 2.97. The highest BCUT2D eigenvalue weighted by Crippen LogP contribution is 2.36. The minimum absolute atomic E-state index is 0.0738. The number of carbonyl (C=O) groups is 1. The quantitative estimate of drug-likeness (QED) is 0.832. The van der Waals surface area contributed by atoms with E-state index >= 15 is 0 Å². The number of nitrogens with one attached hydrogen (secondary N) is 1. The van der Waals surface area contributed by atoms with Gasteiger partial charge in [0.05, 0.1) is 0 Å². The lowest BCUT2D eigenvalue weighted by Crippen LogP contribution is -2.38. The number of amides is 1. The number of carbonyl (C=O) groups excluding carboxylic acids is 1. The highest BCUT2D eigenvalue weighted by Gasteiger charge is 2.42. The summed E-state index contributed by atoms with van der Waals surface area (Å²) in [6.07, 6.45) is 3.62. The van der Waals surface area contributed by atoms with Crippen molar-refractivity contribution < 1.29 is 4.79 Å². The Balaban J connectivity index is 1.78. The summed E-state index contributed by atoms with van der Waals surface area (Å²) < 4.78 is 0. The molecule has 1 N–H and O–H groups in total. The highest BCUT2D eigenvalue weighted by molar-refractivity contribution is 9.09. The molecule has 0 radical (unpaired) electrons. The van der Waals surface area contributed by atoms with Crippen LogP contribution in [-0.2, 0) is 11.2 Å². The molecule has 3 heteroatoms. The van der Waals surface area contributed by atoms with Crippen molar-refractivity contribution in [2.45, 2.75) is 38.1 Å². The summed E-state index contributed by atoms with van der Waals surface area (Å²) in [5.74, 6) is 0.169. The molecular weight excluding hydrogens is 278 g/mol. The smallest absolute Gasteiger partial charge is 0.220 e. The summed E-state index contributed by atoms with van der Waals surface area (Å²) in [4.78, 5) is 11.8. The van der Waals surface area contributed by atoms with Crippen LogP contribution in [0, 0.1) is 6.92 Å². The molecule has 0 heterocycles. The summed E-state index contributed by atoms with van der Waals surface area (Å²) in [6.45, 7) is 2.07. The molecule has 0 aliphatic heterocycles. The number of rotatable bonds is 5. The number of halogens is 1. The molecule has 1 saturated carbocycles. The van der Waals surface area contributed by atoms with Crippen LogP contribution < -0.4 is 5.32 Å². The van der Waals surface area contributed by atoms with Crippen LogP contribution >= 0.6 is 15.9 Å². The van der Waals surface area contributed by atoms with Crippen LogP contribution in [0.25, 0.3) is 0 Å². The van der Waals surface area contributed by atoms with E-state index in [0.29, 0.717) is 6.42 Å². The van der Waals surface area contributed by atoms with Crippen molar-refractivity contribution in [3.05, 3.63) is 35.4 Å². The lowest BCUT2D eigenvalue weighted by Gasteiger charge is -2.13. The van der Waals surface area contributed by atoms with Gasteiger partial charge in [0.2, 0.25) is 5.91 Å². The van der Waals surface area contributed by atoms with Gasteiger partial charge >= 0.3 is 0 Å². The molecule has 1 fully saturated rings. The Morgan fingerprint density at radius 2 is 2.00 bits per heavy atom. The SMILES string of the molecule is Cc1ccc(CCC(=O)NC2(CBr)CC2)cc1. The van der Waals surface area contributed by atoms with Crippen molar-refractivity contribution in [2.75, 3.05) is 5.33 Å². The fourth-order valence-corrected chi connectivity index (χ4v) is 2.51. The minimum Gasteiger partial charge on any atom is -0.350 e. The van der Waals surface area contributed by atoms with Crippen molar-refractivity contribution in [1.82, 2.24) is 5.32 Å². The molecule has 0 unspecified atom stereocenters. The largest absolute Gasteiger partial charge is 0.350 e. The van der Waals surface area contributed by atoms with Crippen LogP contribution in [0.3, 0.4) is 0 Å². The van der Waals surface area contributed by atoms with E-state index in [1.165, 1.54) is 11.1 Å². The zero-order valence-electron chi connectivity index (χ0n) is 10.1. The van der Waals surface area contributed by atoms with Crippen LogP contribution in [0.4, 0.5) is 0 Å². The average Bonchev–Trinajstić information content (AvgIpc) is 3.09. The highest BCUT2D eigenvalue weighted by atomic mass is 79.9. The van der Waals surface area contributed by atoms with E-state index in [1.54, 1.807) is 0 Å². The normalized spacial score (nSPS) is 16.6. The Bertz CT molecular complexity index is 395. The van der Waals surface area contributed by atoms with E-state index in [0.717, 1.165) is 24.6 Å². The average molecular weight is 296 g/mol. The van der Waals surface area contributed by atoms with E-state index < -0.39 is 0 Å². The first-order valence-electron chi connectivity index (χ1n) is 6.06. The molecular formula is C14H18BrNO. The van der Waals surface area contributed by atoms with Crippen molar-refractivity contribution >= 4 is 21.8 Å². The lowest BCUT2D eigenvalue weighted by molar-refractivity contribution is -0.121. The summed E-state index contributed by atoms with van der Waals surface area (Å²) >= 11 is 3.45. The van der Waals surface area contributed by atoms with Crippen LogP contribution in [0.2, 0.25) is 0 Å². The molecule has 0 aromatic heterocycles. The number of hydrogen-bond acceptors (Lipinski definition) is 1. The van der Waals surface area contributed by atoms with Gasteiger partial charge in [-0.25, -0.2) is 0 Å². The summed E-state index contributed by atoms with van der Waals surface area (Å²) in [6, 6.07) is 8.38. The van der Waals surface area contributed by atoms with Crippen LogP contribution in [-0.4, -0.2) is 16.8 Å². The summed E-state index contributed by atoms with van der Waals surface area (Å²) in [5, 5.41) is 3.98. The second kappa shape index (κ2) is 5.21. The van der Waals surface area contributed by atoms with Gasteiger partial charge in [0, 0.05) is 17.3 Å². The number of alkyl halides is 1. The van der Waals surface area contributed by atoms with Gasteiger partial charge in [-0.2, -0.15) is 0 Å². The van der Waals surface area contributed by atoms with E-state index in [-0.39, 0.29) is 11.4 Å². The predicted molar refractivity (Wildman–Crippen MR) is 73.4 cm³/mol. The van der Waals surface area contributed by atoms with Crippen LogP contribution in [0.5, 0.6) is 0 Å². The first-order valence-corrected chi connectivity index (χ1v) is 7.18. The van der Waals surface area contributed by atoms with Crippen LogP contribution in [0.1, 0.15) is 30.4 Å². The molecule has 17 heavy (non-hydrogen) atoms. The number of benzene rings is 1. The molecule has 1 aliphatic rings. The zero-order valence-corrected chi connectivity index (χ0v) is 11.7. The van der Waals surface area contributed by atoms with E-state index in [9.17, 15) is 4.79 Å². The maximum atomic E-state index is 11.8. The molecule has 1 aliphatic carbocycles. The van der Waals surface area contributed by atoms with E-state index in [4.69, 9.17) is 0 Å². The second-order valence-corrected chi connectivity index (χ2v) is 5.51. The number of aryl methyl sites for hydroxylation is 2. The van der Waals surface area contributed by atoms with Crippen molar-refractivity contribution in [1.29, 1.82) is 0 Å². The molecule has 1 amide bonds. The van der Waals surface area contributed by atoms with Gasteiger partial charge in [-0.1, -0.05) is 45.8 Å². The number of hydrogen-bond donors (Lipinski definition) is 1. The Labute approximate surface area is 111 Å². The Morgan fingerprint density at radius 3 is 2.53 bits per heavy atom. The molecule has 2 nitrogen and oxygen atoms in total. The fraction of sp³-hybridized carbons (Fsp3) is 0.500. The maximum absolute atomic E-state index is 11.8. The fourth-order valence-electron chi connectivity index (χ4n) is 1.81. The van der Waals surface area contributed by atoms with Gasteiger partial charge in [0.25, 0.3) is 0 Å². The van der Waals surface area contributed by atoms with E-state index in [2.05, 4.69) is 52.4 Å². The minimum atomic E-state index is 0.0738. The van der Waals surface area contributed by atoms with Gasteiger partial charge in [-0.05, 0) is 31.7 Å². The standard InChI is InChI=1S/C14H18BrNO/c1-11-2-4-12(5-3-11)6-7-13(17)16-14(10-15)8-9-14/h2-5H,6-10H2,1H3,(H,16,17). The van der Waals surface area contributed by atoms with Gasteiger partial charge < -0.3 is 5.32 Å². The third kappa shape index (κ3) is 3.56.